The van der Waals surface area contributed by atoms with E-state index in [1.54, 1.807) is 17.9 Å². The smallest absolute Gasteiger partial charge is 0.410 e. The highest BCUT2D eigenvalue weighted by atomic mass is 127. The summed E-state index contributed by atoms with van der Waals surface area (Å²) in [4.78, 5) is 35.8. The molecular formula is C24H28Cl2IN5O5. The van der Waals surface area contributed by atoms with Crippen molar-refractivity contribution < 1.29 is 19.2 Å². The summed E-state index contributed by atoms with van der Waals surface area (Å²) in [5.41, 5.74) is 0.609. The third-order valence-corrected chi connectivity index (χ3v) is 7.85. The van der Waals surface area contributed by atoms with E-state index in [4.69, 9.17) is 32.7 Å². The van der Waals surface area contributed by atoms with Crippen LogP contribution in [-0.2, 0) is 4.74 Å². The summed E-state index contributed by atoms with van der Waals surface area (Å²) >= 11 is 14.4. The molecule has 0 aliphatic carbocycles. The molecule has 1 aromatic heterocycles. The van der Waals surface area contributed by atoms with Gasteiger partial charge in [-0.15, -0.1) is 0 Å². The standard InChI is InChI=1S/C24H28Cl2IN5O5/c1-13(19-21(25)28-12-29-22(19)26)36-20-17(27)7-14(8-18(20)32(34)35)15-9-31(10-15)16-5-6-30(11-16)23(33)37-24(2,3)4/h7-8,12-13,15-16H,5-6,9-11H2,1-4H3/t13?,16-/m0/s1. The van der Waals surface area contributed by atoms with Gasteiger partial charge in [-0.3, -0.25) is 15.0 Å². The van der Waals surface area contributed by atoms with Gasteiger partial charge in [-0.05, 0) is 68.3 Å². The highest BCUT2D eigenvalue weighted by Crippen LogP contribution is 2.42. The number of aromatic nitrogens is 2. The number of ether oxygens (including phenoxy) is 2. The molecule has 10 nitrogen and oxygen atoms in total. The molecule has 0 bridgehead atoms. The zero-order chi connectivity index (χ0) is 27.1. The van der Waals surface area contributed by atoms with Crippen molar-refractivity contribution in [3.8, 4) is 5.75 Å². The third kappa shape index (κ3) is 6.37. The number of hydrogen-bond acceptors (Lipinski definition) is 8. The van der Waals surface area contributed by atoms with Crippen molar-refractivity contribution in [1.29, 1.82) is 0 Å². The number of benzene rings is 1. The Hall–Kier alpha value is -1.96. The van der Waals surface area contributed by atoms with Crippen LogP contribution in [-0.4, -0.2) is 68.6 Å². The van der Waals surface area contributed by atoms with Gasteiger partial charge in [0.25, 0.3) is 0 Å². The fourth-order valence-electron chi connectivity index (χ4n) is 4.57. The second-order valence-electron chi connectivity index (χ2n) is 10.3. The maximum atomic E-state index is 12.4. The van der Waals surface area contributed by atoms with Crippen LogP contribution in [0.25, 0.3) is 0 Å². The van der Waals surface area contributed by atoms with E-state index in [9.17, 15) is 14.9 Å². The van der Waals surface area contributed by atoms with Crippen LogP contribution in [0, 0.1) is 13.7 Å². The molecule has 2 aliphatic heterocycles. The summed E-state index contributed by atoms with van der Waals surface area (Å²) in [6.45, 7) is 10.1. The van der Waals surface area contributed by atoms with Crippen LogP contribution in [0.5, 0.6) is 5.75 Å². The first-order valence-corrected chi connectivity index (χ1v) is 13.7. The molecule has 200 valence electrons. The number of carbonyl (C=O) groups excluding carboxylic acids is 1. The summed E-state index contributed by atoms with van der Waals surface area (Å²) in [6.07, 6.45) is 1.13. The second kappa shape index (κ2) is 11.0. The molecule has 3 heterocycles. The molecule has 0 N–H and O–H groups in total. The Labute approximate surface area is 238 Å². The Morgan fingerprint density at radius 1 is 1.22 bits per heavy atom. The van der Waals surface area contributed by atoms with Crippen molar-refractivity contribution in [2.24, 2.45) is 0 Å². The lowest BCUT2D eigenvalue weighted by atomic mass is 9.89. The summed E-state index contributed by atoms with van der Waals surface area (Å²) in [5.74, 6) is 0.304. The monoisotopic (exact) mass is 663 g/mol. The first-order valence-electron chi connectivity index (χ1n) is 11.9. The van der Waals surface area contributed by atoms with E-state index in [1.165, 1.54) is 6.33 Å². The predicted molar refractivity (Wildman–Crippen MR) is 147 cm³/mol. The van der Waals surface area contributed by atoms with Crippen LogP contribution in [0.3, 0.4) is 0 Å². The summed E-state index contributed by atoms with van der Waals surface area (Å²) in [7, 11) is 0. The van der Waals surface area contributed by atoms with Gasteiger partial charge in [0.2, 0.25) is 5.75 Å². The molecular weight excluding hydrogens is 636 g/mol. The number of nitro groups is 1. The molecule has 2 aliphatic rings. The fraction of sp³-hybridized carbons (Fsp3) is 0.542. The molecule has 1 aromatic carbocycles. The van der Waals surface area contributed by atoms with Gasteiger partial charge in [-0.1, -0.05) is 23.2 Å². The van der Waals surface area contributed by atoms with Crippen molar-refractivity contribution in [1.82, 2.24) is 19.8 Å². The molecule has 0 spiro atoms. The molecule has 2 saturated heterocycles. The molecule has 13 heteroatoms. The third-order valence-electron chi connectivity index (χ3n) is 6.44. The molecule has 2 aromatic rings. The van der Waals surface area contributed by atoms with Gasteiger partial charge in [0.05, 0.1) is 14.1 Å². The number of rotatable bonds is 6. The zero-order valence-corrected chi connectivity index (χ0v) is 24.6. The minimum absolute atomic E-state index is 0.117. The summed E-state index contributed by atoms with van der Waals surface area (Å²) in [6, 6.07) is 3.76. The number of nitro benzene ring substituents is 1. The van der Waals surface area contributed by atoms with Gasteiger partial charge >= 0.3 is 11.8 Å². The van der Waals surface area contributed by atoms with Crippen LogP contribution >= 0.6 is 45.8 Å². The van der Waals surface area contributed by atoms with E-state index >= 15 is 0 Å². The number of amides is 1. The van der Waals surface area contributed by atoms with E-state index in [1.807, 2.05) is 26.8 Å². The topological polar surface area (TPSA) is 111 Å². The maximum absolute atomic E-state index is 12.4. The Kier molecular flexibility index (Phi) is 8.37. The van der Waals surface area contributed by atoms with Gasteiger partial charge in [-0.25, -0.2) is 14.8 Å². The molecule has 37 heavy (non-hydrogen) atoms. The van der Waals surface area contributed by atoms with Gasteiger partial charge in [0, 0.05) is 44.2 Å². The van der Waals surface area contributed by atoms with Gasteiger partial charge in [0.1, 0.15) is 28.3 Å². The lowest BCUT2D eigenvalue weighted by Gasteiger charge is -2.43. The van der Waals surface area contributed by atoms with Crippen molar-refractivity contribution in [3.05, 3.63) is 53.6 Å². The second-order valence-corrected chi connectivity index (χ2v) is 12.1. The van der Waals surface area contributed by atoms with Crippen molar-refractivity contribution >= 4 is 57.6 Å². The summed E-state index contributed by atoms with van der Waals surface area (Å²) in [5, 5.41) is 12.2. The quantitative estimate of drug-likeness (QED) is 0.164. The average molecular weight is 664 g/mol. The Balaban J connectivity index is 1.43. The molecule has 2 fully saturated rings. The molecule has 0 saturated carbocycles. The van der Waals surface area contributed by atoms with E-state index < -0.39 is 16.6 Å². The minimum atomic E-state index is -0.700. The highest BCUT2D eigenvalue weighted by molar-refractivity contribution is 14.1. The maximum Gasteiger partial charge on any atom is 0.410 e. The minimum Gasteiger partial charge on any atom is -0.478 e. The van der Waals surface area contributed by atoms with E-state index in [0.29, 0.717) is 22.2 Å². The first-order chi connectivity index (χ1) is 17.3. The molecule has 0 radical (unpaired) electrons. The fourth-order valence-corrected chi connectivity index (χ4v) is 5.95. The SMILES string of the molecule is CC(Oc1c(I)cc(C2CN([C@H]3CCN(C(=O)OC(C)(C)C)C3)C2)cc1[N+](=O)[O-])c1c(Cl)ncnc1Cl. The molecule has 4 rings (SSSR count). The van der Waals surface area contributed by atoms with E-state index in [2.05, 4.69) is 37.5 Å². The lowest BCUT2D eigenvalue weighted by molar-refractivity contribution is -0.386. The molecule has 1 amide bonds. The average Bonchev–Trinajstić information content (AvgIpc) is 3.23. The van der Waals surface area contributed by atoms with Crippen LogP contribution in [0.4, 0.5) is 10.5 Å². The van der Waals surface area contributed by atoms with Crippen molar-refractivity contribution in [3.63, 3.8) is 0 Å². The Morgan fingerprint density at radius 3 is 2.46 bits per heavy atom. The van der Waals surface area contributed by atoms with Crippen molar-refractivity contribution in [2.45, 2.75) is 57.8 Å². The Bertz CT molecular complexity index is 1180. The van der Waals surface area contributed by atoms with E-state index in [-0.39, 0.29) is 39.8 Å². The number of halogens is 3. The van der Waals surface area contributed by atoms with Crippen LogP contribution in [0.1, 0.15) is 57.3 Å². The molecule has 1 unspecified atom stereocenters. The normalized spacial score (nSPS) is 19.4. The Morgan fingerprint density at radius 2 is 1.86 bits per heavy atom. The molecule has 2 atom stereocenters. The first kappa shape index (κ1) is 28.1. The lowest BCUT2D eigenvalue weighted by Crippen LogP contribution is -2.52. The largest absolute Gasteiger partial charge is 0.478 e. The number of nitrogens with zero attached hydrogens (tertiary/aromatic N) is 5. The number of hydrogen-bond donors (Lipinski definition) is 0. The van der Waals surface area contributed by atoms with Crippen molar-refractivity contribution in [2.75, 3.05) is 26.2 Å². The van der Waals surface area contributed by atoms with Crippen LogP contribution < -0.4 is 4.74 Å². The van der Waals surface area contributed by atoms with Crippen LogP contribution in [0.2, 0.25) is 10.3 Å². The van der Waals surface area contributed by atoms with Gasteiger partial charge < -0.3 is 14.4 Å². The van der Waals surface area contributed by atoms with Crippen LogP contribution in [0.15, 0.2) is 18.5 Å². The zero-order valence-electron chi connectivity index (χ0n) is 20.9. The summed E-state index contributed by atoms with van der Waals surface area (Å²) < 4.78 is 12.1. The van der Waals surface area contributed by atoms with Gasteiger partial charge in [-0.2, -0.15) is 0 Å². The highest BCUT2D eigenvalue weighted by Gasteiger charge is 2.39. The van der Waals surface area contributed by atoms with E-state index in [0.717, 1.165) is 25.1 Å². The number of carbonyl (C=O) groups is 1. The predicted octanol–water partition coefficient (Wildman–Crippen LogP) is 5.84. The number of likely N-dealkylation sites (tertiary alicyclic amines) is 2. The van der Waals surface area contributed by atoms with Gasteiger partial charge in [0.15, 0.2) is 0 Å².